The van der Waals surface area contributed by atoms with E-state index in [1.165, 1.54) is 43.5 Å². The molecule has 0 aromatic heterocycles. The van der Waals surface area contributed by atoms with Gasteiger partial charge in [0, 0.05) is 31.7 Å². The van der Waals surface area contributed by atoms with E-state index in [0.29, 0.717) is 0 Å². The van der Waals surface area contributed by atoms with Gasteiger partial charge in [-0.2, -0.15) is 0 Å². The predicted octanol–water partition coefficient (Wildman–Crippen LogP) is 2.35. The summed E-state index contributed by atoms with van der Waals surface area (Å²) in [6.45, 7) is 5.88. The highest BCUT2D eigenvalue weighted by Crippen LogP contribution is 2.16. The van der Waals surface area contributed by atoms with Crippen LogP contribution in [0.2, 0.25) is 0 Å². The second-order valence-electron chi connectivity index (χ2n) is 5.75. The number of rotatable bonds is 4. The van der Waals surface area contributed by atoms with Crippen molar-refractivity contribution in [2.45, 2.75) is 32.4 Å². The number of piperidine rings is 1. The highest BCUT2D eigenvalue weighted by atomic mass is 35.5. The molecule has 6 heteroatoms. The number of hydrogen-bond donors (Lipinski definition) is 2. The summed E-state index contributed by atoms with van der Waals surface area (Å²) in [6, 6.07) is 6.02. The molecule has 0 bridgehead atoms. The third kappa shape index (κ3) is 4.85. The number of halogens is 2. The van der Waals surface area contributed by atoms with Gasteiger partial charge in [-0.05, 0) is 49.2 Å². The Kier molecular flexibility index (Phi) is 8.18. The highest BCUT2D eigenvalue weighted by molar-refractivity contribution is 5.94. The van der Waals surface area contributed by atoms with Crippen molar-refractivity contribution in [2.24, 2.45) is 0 Å². The third-order valence-electron chi connectivity index (χ3n) is 4.26. The second-order valence-corrected chi connectivity index (χ2v) is 5.75. The molecule has 0 unspecified atom stereocenters. The Morgan fingerprint density at radius 1 is 1.09 bits per heavy atom. The summed E-state index contributed by atoms with van der Waals surface area (Å²) in [5.41, 5.74) is 3.36. The maximum absolute atomic E-state index is 12.1. The van der Waals surface area contributed by atoms with Crippen molar-refractivity contribution in [3.8, 4) is 0 Å². The SMILES string of the molecule is Cl.Cl.O=C(NCCN1CCCCC1)c1ccc2c(c1)CNC2. The average Bonchev–Trinajstić information content (AvgIpc) is 2.95. The number of fused-ring (bicyclic) bond motifs is 1. The predicted molar refractivity (Wildman–Crippen MR) is 94.1 cm³/mol. The summed E-state index contributed by atoms with van der Waals surface area (Å²) in [6.07, 6.45) is 3.95. The smallest absolute Gasteiger partial charge is 0.251 e. The molecule has 2 aliphatic heterocycles. The Morgan fingerprint density at radius 3 is 2.59 bits per heavy atom. The van der Waals surface area contributed by atoms with Crippen LogP contribution in [-0.4, -0.2) is 37.0 Å². The lowest BCUT2D eigenvalue weighted by molar-refractivity contribution is 0.0946. The zero-order chi connectivity index (χ0) is 13.8. The minimum atomic E-state index is 0. The highest BCUT2D eigenvalue weighted by Gasteiger charge is 2.14. The first kappa shape index (κ1) is 19.2. The lowest BCUT2D eigenvalue weighted by atomic mass is 10.1. The van der Waals surface area contributed by atoms with Crippen LogP contribution in [0.5, 0.6) is 0 Å². The van der Waals surface area contributed by atoms with Gasteiger partial charge in [-0.3, -0.25) is 4.79 Å². The van der Waals surface area contributed by atoms with Gasteiger partial charge >= 0.3 is 0 Å². The molecule has 1 saturated heterocycles. The maximum atomic E-state index is 12.1. The quantitative estimate of drug-likeness (QED) is 0.880. The van der Waals surface area contributed by atoms with Gasteiger partial charge in [-0.15, -0.1) is 24.8 Å². The molecule has 3 rings (SSSR count). The molecule has 22 heavy (non-hydrogen) atoms. The van der Waals surface area contributed by atoms with E-state index in [-0.39, 0.29) is 30.7 Å². The van der Waals surface area contributed by atoms with Gasteiger partial charge in [0.1, 0.15) is 0 Å². The van der Waals surface area contributed by atoms with Crippen molar-refractivity contribution in [3.05, 3.63) is 34.9 Å². The first-order chi connectivity index (χ1) is 9.83. The molecule has 2 aliphatic rings. The lowest BCUT2D eigenvalue weighted by Gasteiger charge is -2.26. The van der Waals surface area contributed by atoms with Crippen LogP contribution in [-0.2, 0) is 13.1 Å². The van der Waals surface area contributed by atoms with Gasteiger partial charge < -0.3 is 15.5 Å². The Bertz CT molecular complexity index is 490. The summed E-state index contributed by atoms with van der Waals surface area (Å²) in [5.74, 6) is 0.0525. The van der Waals surface area contributed by atoms with Crippen molar-refractivity contribution >= 4 is 30.7 Å². The van der Waals surface area contributed by atoms with Crippen molar-refractivity contribution in [1.82, 2.24) is 15.5 Å². The van der Waals surface area contributed by atoms with Crippen LogP contribution >= 0.6 is 24.8 Å². The van der Waals surface area contributed by atoms with Crippen LogP contribution in [0, 0.1) is 0 Å². The number of carbonyl (C=O) groups is 1. The van der Waals surface area contributed by atoms with E-state index in [2.05, 4.69) is 21.6 Å². The molecule has 1 aromatic rings. The molecule has 1 fully saturated rings. The molecular formula is C16H25Cl2N3O. The summed E-state index contributed by atoms with van der Waals surface area (Å²) in [5, 5.41) is 6.34. The number of nitrogens with one attached hydrogen (secondary N) is 2. The van der Waals surface area contributed by atoms with Gasteiger partial charge in [0.2, 0.25) is 0 Å². The zero-order valence-electron chi connectivity index (χ0n) is 12.8. The number of likely N-dealkylation sites (tertiary alicyclic amines) is 1. The van der Waals surface area contributed by atoms with Gasteiger partial charge in [0.05, 0.1) is 0 Å². The van der Waals surface area contributed by atoms with Crippen LogP contribution in [0.25, 0.3) is 0 Å². The number of nitrogens with zero attached hydrogens (tertiary/aromatic N) is 1. The van der Waals surface area contributed by atoms with Gasteiger partial charge in [0.25, 0.3) is 5.91 Å². The number of carbonyl (C=O) groups excluding carboxylic acids is 1. The van der Waals surface area contributed by atoms with E-state index in [4.69, 9.17) is 0 Å². The maximum Gasteiger partial charge on any atom is 0.251 e. The molecule has 2 N–H and O–H groups in total. The summed E-state index contributed by atoms with van der Waals surface area (Å²) < 4.78 is 0. The normalized spacial score (nSPS) is 17.1. The Morgan fingerprint density at radius 2 is 1.82 bits per heavy atom. The largest absolute Gasteiger partial charge is 0.351 e. The molecule has 2 heterocycles. The van der Waals surface area contributed by atoms with Crippen molar-refractivity contribution < 1.29 is 4.79 Å². The molecule has 0 spiro atoms. The summed E-state index contributed by atoms with van der Waals surface area (Å²) in [4.78, 5) is 14.6. The molecule has 0 atom stereocenters. The fourth-order valence-corrected chi connectivity index (χ4v) is 3.05. The minimum absolute atomic E-state index is 0. The van der Waals surface area contributed by atoms with Gasteiger partial charge in [-0.25, -0.2) is 0 Å². The van der Waals surface area contributed by atoms with Crippen LogP contribution in [0.4, 0.5) is 0 Å². The van der Waals surface area contributed by atoms with Crippen LogP contribution in [0.15, 0.2) is 18.2 Å². The molecule has 0 saturated carbocycles. The number of hydrogen-bond acceptors (Lipinski definition) is 3. The standard InChI is InChI=1S/C16H23N3O.2ClH/c20-16(18-6-9-19-7-2-1-3-8-19)13-4-5-14-11-17-12-15(14)10-13;;/h4-5,10,17H,1-3,6-9,11-12H2,(H,18,20);2*1H. The van der Waals surface area contributed by atoms with Crippen molar-refractivity contribution in [1.29, 1.82) is 0 Å². The van der Waals surface area contributed by atoms with Crippen LogP contribution < -0.4 is 10.6 Å². The monoisotopic (exact) mass is 345 g/mol. The van der Waals surface area contributed by atoms with Crippen molar-refractivity contribution in [3.63, 3.8) is 0 Å². The molecule has 1 amide bonds. The Hall–Kier alpha value is -0.810. The zero-order valence-corrected chi connectivity index (χ0v) is 14.4. The Balaban J connectivity index is 0.00000121. The van der Waals surface area contributed by atoms with Gasteiger partial charge in [0.15, 0.2) is 0 Å². The fraction of sp³-hybridized carbons (Fsp3) is 0.562. The van der Waals surface area contributed by atoms with E-state index >= 15 is 0 Å². The van der Waals surface area contributed by atoms with Crippen LogP contribution in [0.3, 0.4) is 0 Å². The third-order valence-corrected chi connectivity index (χ3v) is 4.26. The molecule has 124 valence electrons. The van der Waals surface area contributed by atoms with E-state index in [1.807, 2.05) is 12.1 Å². The van der Waals surface area contributed by atoms with E-state index < -0.39 is 0 Å². The lowest BCUT2D eigenvalue weighted by Crippen LogP contribution is -2.37. The molecule has 0 aliphatic carbocycles. The van der Waals surface area contributed by atoms with E-state index in [9.17, 15) is 4.79 Å². The molecule has 4 nitrogen and oxygen atoms in total. The first-order valence-corrected chi connectivity index (χ1v) is 7.66. The van der Waals surface area contributed by atoms with Crippen LogP contribution in [0.1, 0.15) is 40.7 Å². The number of amides is 1. The van der Waals surface area contributed by atoms with Crippen molar-refractivity contribution in [2.75, 3.05) is 26.2 Å². The Labute approximate surface area is 144 Å². The molecular weight excluding hydrogens is 321 g/mol. The number of benzene rings is 1. The average molecular weight is 346 g/mol. The molecule has 0 radical (unpaired) electrons. The van der Waals surface area contributed by atoms with E-state index in [0.717, 1.165) is 31.7 Å². The summed E-state index contributed by atoms with van der Waals surface area (Å²) in [7, 11) is 0. The van der Waals surface area contributed by atoms with E-state index in [1.54, 1.807) is 0 Å². The summed E-state index contributed by atoms with van der Waals surface area (Å²) >= 11 is 0. The van der Waals surface area contributed by atoms with Gasteiger partial charge in [-0.1, -0.05) is 12.5 Å². The molecule has 1 aromatic carbocycles. The topological polar surface area (TPSA) is 44.4 Å². The second kappa shape index (κ2) is 9.36. The fourth-order valence-electron chi connectivity index (χ4n) is 3.05. The minimum Gasteiger partial charge on any atom is -0.351 e. The first-order valence-electron chi connectivity index (χ1n) is 7.66.